The van der Waals surface area contributed by atoms with E-state index in [0.29, 0.717) is 25.7 Å². The molecule has 1 atom stereocenters. The van der Waals surface area contributed by atoms with Crippen LogP contribution >= 0.6 is 0 Å². The highest BCUT2D eigenvalue weighted by Gasteiger charge is 2.39. The predicted molar refractivity (Wildman–Crippen MR) is 64.4 cm³/mol. The van der Waals surface area contributed by atoms with Crippen LogP contribution in [0.4, 0.5) is 4.79 Å². The minimum Gasteiger partial charge on any atom is -0.480 e. The van der Waals surface area contributed by atoms with Crippen molar-refractivity contribution in [2.75, 3.05) is 26.3 Å². The topological polar surface area (TPSA) is 70.1 Å². The van der Waals surface area contributed by atoms with Crippen LogP contribution in [0.5, 0.6) is 0 Å². The second-order valence-electron chi connectivity index (χ2n) is 4.83. The van der Waals surface area contributed by atoms with Gasteiger partial charge in [0.05, 0.1) is 13.2 Å². The van der Waals surface area contributed by atoms with Gasteiger partial charge in [0.1, 0.15) is 0 Å². The molecule has 6 nitrogen and oxygen atoms in total. The number of urea groups is 1. The third-order valence-corrected chi connectivity index (χ3v) is 3.36. The molecule has 0 aromatic carbocycles. The number of amides is 2. The van der Waals surface area contributed by atoms with Gasteiger partial charge in [-0.2, -0.15) is 0 Å². The Labute approximate surface area is 106 Å². The van der Waals surface area contributed by atoms with E-state index >= 15 is 0 Å². The largest absolute Gasteiger partial charge is 0.480 e. The lowest BCUT2D eigenvalue weighted by Crippen LogP contribution is -2.57. The maximum Gasteiger partial charge on any atom is 0.328 e. The van der Waals surface area contributed by atoms with Gasteiger partial charge < -0.3 is 19.6 Å². The number of carbonyl (C=O) groups is 2. The van der Waals surface area contributed by atoms with Crippen LogP contribution in [0.15, 0.2) is 0 Å². The quantitative estimate of drug-likeness (QED) is 0.806. The van der Waals surface area contributed by atoms with E-state index in [1.165, 1.54) is 4.90 Å². The lowest BCUT2D eigenvalue weighted by Gasteiger charge is -2.36. The van der Waals surface area contributed by atoms with Crippen molar-refractivity contribution in [3.63, 3.8) is 0 Å². The molecule has 0 spiro atoms. The van der Waals surface area contributed by atoms with Gasteiger partial charge in [-0.25, -0.2) is 9.59 Å². The molecule has 102 valence electrons. The van der Waals surface area contributed by atoms with Gasteiger partial charge >= 0.3 is 12.0 Å². The minimum absolute atomic E-state index is 0.0890. The molecule has 2 aliphatic rings. The number of ether oxygens (including phenoxy) is 1. The fourth-order valence-corrected chi connectivity index (χ4v) is 2.26. The van der Waals surface area contributed by atoms with Gasteiger partial charge in [-0.15, -0.1) is 0 Å². The molecule has 18 heavy (non-hydrogen) atoms. The fraction of sp³-hybridized carbons (Fsp3) is 0.833. The number of rotatable bonds is 4. The Morgan fingerprint density at radius 3 is 2.72 bits per heavy atom. The van der Waals surface area contributed by atoms with Crippen molar-refractivity contribution in [2.45, 2.75) is 38.3 Å². The smallest absolute Gasteiger partial charge is 0.328 e. The molecule has 1 heterocycles. The van der Waals surface area contributed by atoms with Crippen LogP contribution in [0.25, 0.3) is 0 Å². The Hall–Kier alpha value is -1.30. The van der Waals surface area contributed by atoms with E-state index < -0.39 is 12.0 Å². The molecule has 1 aliphatic carbocycles. The zero-order valence-electron chi connectivity index (χ0n) is 10.7. The summed E-state index contributed by atoms with van der Waals surface area (Å²) in [4.78, 5) is 26.8. The van der Waals surface area contributed by atoms with Crippen LogP contribution < -0.4 is 0 Å². The molecule has 0 aromatic heterocycles. The number of hydrogen-bond donors (Lipinski definition) is 1. The summed E-state index contributed by atoms with van der Waals surface area (Å²) < 4.78 is 5.15. The van der Waals surface area contributed by atoms with Crippen LogP contribution in [0, 0.1) is 0 Å². The summed E-state index contributed by atoms with van der Waals surface area (Å²) in [6.45, 7) is 3.60. The molecule has 1 saturated carbocycles. The molecular weight excluding hydrogens is 236 g/mol. The Balaban J connectivity index is 2.06. The molecule has 1 unspecified atom stereocenters. The molecule has 1 saturated heterocycles. The van der Waals surface area contributed by atoms with E-state index in [9.17, 15) is 9.59 Å². The SMILES string of the molecule is CCCN(C(=O)N1CCOCC1C(=O)O)C1CC1. The summed E-state index contributed by atoms with van der Waals surface area (Å²) in [5.74, 6) is -0.990. The predicted octanol–water partition coefficient (Wildman–Crippen LogP) is 0.766. The van der Waals surface area contributed by atoms with Crippen LogP contribution in [0.2, 0.25) is 0 Å². The number of carboxylic acid groups (broad SMARTS) is 1. The maximum absolute atomic E-state index is 12.4. The molecule has 6 heteroatoms. The number of carboxylic acids is 1. The lowest BCUT2D eigenvalue weighted by molar-refractivity contribution is -0.147. The third kappa shape index (κ3) is 2.75. The van der Waals surface area contributed by atoms with Crippen molar-refractivity contribution in [1.82, 2.24) is 9.80 Å². The average molecular weight is 256 g/mol. The first-order valence-corrected chi connectivity index (χ1v) is 6.53. The molecule has 0 aromatic rings. The van der Waals surface area contributed by atoms with Gasteiger partial charge in [0.15, 0.2) is 6.04 Å². The van der Waals surface area contributed by atoms with Crippen molar-refractivity contribution < 1.29 is 19.4 Å². The van der Waals surface area contributed by atoms with Crippen LogP contribution in [0.3, 0.4) is 0 Å². The number of nitrogens with zero attached hydrogens (tertiary/aromatic N) is 2. The summed E-state index contributed by atoms with van der Waals surface area (Å²) in [5.41, 5.74) is 0. The van der Waals surface area contributed by atoms with Gasteiger partial charge in [0.25, 0.3) is 0 Å². The highest BCUT2D eigenvalue weighted by molar-refractivity contribution is 5.83. The molecule has 1 aliphatic heterocycles. The van der Waals surface area contributed by atoms with Gasteiger partial charge in [0.2, 0.25) is 0 Å². The Bertz CT molecular complexity index is 330. The van der Waals surface area contributed by atoms with E-state index in [-0.39, 0.29) is 12.6 Å². The zero-order chi connectivity index (χ0) is 13.1. The summed E-state index contributed by atoms with van der Waals surface area (Å²) in [6.07, 6.45) is 2.96. The number of aliphatic carboxylic acids is 1. The molecule has 1 N–H and O–H groups in total. The van der Waals surface area contributed by atoms with Gasteiger partial charge in [-0.05, 0) is 19.3 Å². The van der Waals surface area contributed by atoms with Crippen molar-refractivity contribution in [3.05, 3.63) is 0 Å². The van der Waals surface area contributed by atoms with Crippen molar-refractivity contribution in [1.29, 1.82) is 0 Å². The monoisotopic (exact) mass is 256 g/mol. The van der Waals surface area contributed by atoms with E-state index in [0.717, 1.165) is 19.3 Å². The van der Waals surface area contributed by atoms with Crippen molar-refractivity contribution in [2.24, 2.45) is 0 Å². The molecular formula is C12H20N2O4. The lowest BCUT2D eigenvalue weighted by atomic mass is 10.2. The van der Waals surface area contributed by atoms with Crippen LogP contribution in [-0.4, -0.2) is 65.3 Å². The molecule has 0 bridgehead atoms. The van der Waals surface area contributed by atoms with E-state index in [1.807, 2.05) is 11.8 Å². The Kier molecular flexibility index (Phi) is 4.06. The summed E-state index contributed by atoms with van der Waals surface area (Å²) >= 11 is 0. The second kappa shape index (κ2) is 5.56. The maximum atomic E-state index is 12.4. The summed E-state index contributed by atoms with van der Waals surface area (Å²) in [5, 5.41) is 9.13. The molecule has 2 fully saturated rings. The van der Waals surface area contributed by atoms with Crippen LogP contribution in [0.1, 0.15) is 26.2 Å². The number of hydrogen-bond acceptors (Lipinski definition) is 3. The standard InChI is InChI=1S/C12H20N2O4/c1-2-5-13(9-3-4-9)12(17)14-6-7-18-8-10(14)11(15)16/h9-10H,2-8H2,1H3,(H,15,16). The average Bonchev–Trinajstić information content (AvgIpc) is 3.19. The molecule has 2 amide bonds. The first-order valence-electron chi connectivity index (χ1n) is 6.53. The normalized spacial score (nSPS) is 23.8. The minimum atomic E-state index is -0.990. The van der Waals surface area contributed by atoms with E-state index in [1.54, 1.807) is 0 Å². The zero-order valence-corrected chi connectivity index (χ0v) is 10.7. The highest BCUT2D eigenvalue weighted by atomic mass is 16.5. The van der Waals surface area contributed by atoms with Gasteiger partial charge in [-0.3, -0.25) is 0 Å². The highest BCUT2D eigenvalue weighted by Crippen LogP contribution is 2.28. The van der Waals surface area contributed by atoms with Gasteiger partial charge in [0, 0.05) is 19.1 Å². The Morgan fingerprint density at radius 2 is 2.17 bits per heavy atom. The van der Waals surface area contributed by atoms with Crippen molar-refractivity contribution in [3.8, 4) is 0 Å². The van der Waals surface area contributed by atoms with E-state index in [4.69, 9.17) is 9.84 Å². The van der Waals surface area contributed by atoms with Crippen LogP contribution in [-0.2, 0) is 9.53 Å². The fourth-order valence-electron chi connectivity index (χ4n) is 2.26. The third-order valence-electron chi connectivity index (χ3n) is 3.36. The van der Waals surface area contributed by atoms with Gasteiger partial charge in [-0.1, -0.05) is 6.92 Å². The molecule has 0 radical (unpaired) electrons. The summed E-state index contributed by atoms with van der Waals surface area (Å²) in [7, 11) is 0. The summed E-state index contributed by atoms with van der Waals surface area (Å²) in [6, 6.07) is -0.672. The molecule has 2 rings (SSSR count). The Morgan fingerprint density at radius 1 is 1.44 bits per heavy atom. The number of carbonyl (C=O) groups excluding carboxylic acids is 1. The first kappa shape index (κ1) is 13.1. The first-order chi connectivity index (χ1) is 8.65. The van der Waals surface area contributed by atoms with E-state index in [2.05, 4.69) is 0 Å². The number of morpholine rings is 1. The second-order valence-corrected chi connectivity index (χ2v) is 4.83. The van der Waals surface area contributed by atoms with Crippen molar-refractivity contribution >= 4 is 12.0 Å².